The minimum absolute atomic E-state index is 0.0691. The van der Waals surface area contributed by atoms with E-state index in [1.165, 1.54) is 0 Å². The van der Waals surface area contributed by atoms with E-state index in [0.29, 0.717) is 5.56 Å². The lowest BCUT2D eigenvalue weighted by molar-refractivity contribution is 0.0168. The second kappa shape index (κ2) is 4.94. The van der Waals surface area contributed by atoms with Crippen LogP contribution in [0.5, 0.6) is 0 Å². The van der Waals surface area contributed by atoms with E-state index >= 15 is 0 Å². The zero-order valence-corrected chi connectivity index (χ0v) is 9.38. The average Bonchev–Trinajstić information content (AvgIpc) is 2.71. The molecule has 6 nitrogen and oxygen atoms in total. The van der Waals surface area contributed by atoms with Crippen molar-refractivity contribution in [2.24, 2.45) is 7.05 Å². The molecule has 1 amide bonds. The first kappa shape index (κ1) is 11.6. The van der Waals surface area contributed by atoms with E-state index in [9.17, 15) is 4.79 Å². The fourth-order valence-corrected chi connectivity index (χ4v) is 1.49. The quantitative estimate of drug-likeness (QED) is 0.587. The summed E-state index contributed by atoms with van der Waals surface area (Å²) < 4.78 is 1.83. The fraction of sp³-hybridized carbons (Fsp3) is 0.273. The van der Waals surface area contributed by atoms with Gasteiger partial charge in [0.05, 0.1) is 30.6 Å². The largest absolute Gasteiger partial charge is 0.394 e. The first-order chi connectivity index (χ1) is 8.22. The highest BCUT2D eigenvalue weighted by Gasteiger charge is 2.08. The normalized spacial score (nSPS) is 10.7. The van der Waals surface area contributed by atoms with Crippen molar-refractivity contribution in [3.05, 3.63) is 30.1 Å². The van der Waals surface area contributed by atoms with Gasteiger partial charge in [-0.3, -0.25) is 9.63 Å². The van der Waals surface area contributed by atoms with Gasteiger partial charge in [-0.05, 0) is 18.2 Å². The predicted octanol–water partition coefficient (Wildman–Crippen LogP) is 0.227. The van der Waals surface area contributed by atoms with Gasteiger partial charge in [0, 0.05) is 12.6 Å². The summed E-state index contributed by atoms with van der Waals surface area (Å²) >= 11 is 0. The van der Waals surface area contributed by atoms with Crippen molar-refractivity contribution in [1.82, 2.24) is 15.0 Å². The van der Waals surface area contributed by atoms with Crippen LogP contribution in [0.1, 0.15) is 10.4 Å². The number of benzene rings is 1. The minimum atomic E-state index is -0.346. The molecule has 90 valence electrons. The molecule has 0 aliphatic carbocycles. The SMILES string of the molecule is Cn1cnc2ccc(C(=O)NOCCO)cc21. The Labute approximate surface area is 97.8 Å². The molecular formula is C11H13N3O3. The van der Waals surface area contributed by atoms with E-state index < -0.39 is 0 Å². The highest BCUT2D eigenvalue weighted by molar-refractivity contribution is 5.96. The summed E-state index contributed by atoms with van der Waals surface area (Å²) in [4.78, 5) is 20.6. The number of aliphatic hydroxyl groups excluding tert-OH is 1. The summed E-state index contributed by atoms with van der Waals surface area (Å²) in [6, 6.07) is 5.18. The Morgan fingerprint density at radius 2 is 2.41 bits per heavy atom. The number of carbonyl (C=O) groups excluding carboxylic acids is 1. The molecule has 17 heavy (non-hydrogen) atoms. The van der Waals surface area contributed by atoms with E-state index in [-0.39, 0.29) is 19.1 Å². The topological polar surface area (TPSA) is 76.4 Å². The summed E-state index contributed by atoms with van der Waals surface area (Å²) in [7, 11) is 1.86. The van der Waals surface area contributed by atoms with Gasteiger partial charge < -0.3 is 9.67 Å². The highest BCUT2D eigenvalue weighted by atomic mass is 16.7. The van der Waals surface area contributed by atoms with E-state index in [1.807, 2.05) is 11.6 Å². The number of hydroxylamine groups is 1. The zero-order chi connectivity index (χ0) is 12.3. The summed E-state index contributed by atoms with van der Waals surface area (Å²) in [6.45, 7) is -0.0687. The molecule has 0 spiro atoms. The molecule has 1 aromatic heterocycles. The van der Waals surface area contributed by atoms with Crippen molar-refractivity contribution in [2.75, 3.05) is 13.2 Å². The molecule has 6 heteroatoms. The number of hydrogen-bond acceptors (Lipinski definition) is 4. The third-order valence-electron chi connectivity index (χ3n) is 2.35. The van der Waals surface area contributed by atoms with Gasteiger partial charge in [0.1, 0.15) is 0 Å². The molecule has 0 atom stereocenters. The van der Waals surface area contributed by atoms with Gasteiger partial charge in [0.25, 0.3) is 5.91 Å². The van der Waals surface area contributed by atoms with Gasteiger partial charge in [0.15, 0.2) is 0 Å². The molecule has 0 aliphatic rings. The standard InChI is InChI=1S/C11H13N3O3/c1-14-7-12-9-3-2-8(6-10(9)14)11(16)13-17-5-4-15/h2-3,6-7,15H,4-5H2,1H3,(H,13,16). The molecule has 0 radical (unpaired) electrons. The smallest absolute Gasteiger partial charge is 0.274 e. The molecule has 1 aromatic carbocycles. The number of hydrogen-bond donors (Lipinski definition) is 2. The number of imidazole rings is 1. The average molecular weight is 235 g/mol. The van der Waals surface area contributed by atoms with Gasteiger partial charge >= 0.3 is 0 Å². The lowest BCUT2D eigenvalue weighted by Crippen LogP contribution is -2.25. The van der Waals surface area contributed by atoms with Crippen LogP contribution in [0.4, 0.5) is 0 Å². The number of nitrogens with one attached hydrogen (secondary N) is 1. The second-order valence-electron chi connectivity index (χ2n) is 3.56. The Hall–Kier alpha value is -1.92. The molecule has 0 saturated carbocycles. The maximum absolute atomic E-state index is 11.6. The van der Waals surface area contributed by atoms with Crippen LogP contribution in [-0.4, -0.2) is 33.8 Å². The van der Waals surface area contributed by atoms with Crippen molar-refractivity contribution in [3.63, 3.8) is 0 Å². The van der Waals surface area contributed by atoms with Crippen LogP contribution in [-0.2, 0) is 11.9 Å². The molecule has 1 heterocycles. The van der Waals surface area contributed by atoms with Crippen LogP contribution in [0.15, 0.2) is 24.5 Å². The number of aliphatic hydroxyl groups is 1. The molecular weight excluding hydrogens is 222 g/mol. The van der Waals surface area contributed by atoms with Gasteiger partial charge in [-0.2, -0.15) is 0 Å². The van der Waals surface area contributed by atoms with Gasteiger partial charge in [-0.1, -0.05) is 0 Å². The summed E-state index contributed by atoms with van der Waals surface area (Å²) in [5.74, 6) is -0.346. The van der Waals surface area contributed by atoms with Crippen LogP contribution in [0, 0.1) is 0 Å². The van der Waals surface area contributed by atoms with Crippen molar-refractivity contribution in [3.8, 4) is 0 Å². The predicted molar refractivity (Wildman–Crippen MR) is 61.2 cm³/mol. The second-order valence-corrected chi connectivity index (χ2v) is 3.56. The van der Waals surface area contributed by atoms with Crippen LogP contribution in [0.2, 0.25) is 0 Å². The molecule has 0 unspecified atom stereocenters. The number of fused-ring (bicyclic) bond motifs is 1. The van der Waals surface area contributed by atoms with E-state index in [4.69, 9.17) is 9.94 Å². The Morgan fingerprint density at radius 3 is 3.18 bits per heavy atom. The zero-order valence-electron chi connectivity index (χ0n) is 9.38. The molecule has 2 N–H and O–H groups in total. The fourth-order valence-electron chi connectivity index (χ4n) is 1.49. The number of aryl methyl sites for hydroxylation is 1. The number of carbonyl (C=O) groups is 1. The lowest BCUT2D eigenvalue weighted by Gasteiger charge is -2.04. The van der Waals surface area contributed by atoms with Crippen molar-refractivity contribution >= 4 is 16.9 Å². The molecule has 2 aromatic rings. The maximum atomic E-state index is 11.6. The van der Waals surface area contributed by atoms with Crippen LogP contribution < -0.4 is 5.48 Å². The van der Waals surface area contributed by atoms with Crippen molar-refractivity contribution in [1.29, 1.82) is 0 Å². The number of nitrogens with zero attached hydrogens (tertiary/aromatic N) is 2. The van der Waals surface area contributed by atoms with E-state index in [2.05, 4.69) is 10.5 Å². The van der Waals surface area contributed by atoms with Gasteiger partial charge in [-0.25, -0.2) is 10.5 Å². The molecule has 0 bridgehead atoms. The van der Waals surface area contributed by atoms with Crippen molar-refractivity contribution in [2.45, 2.75) is 0 Å². The first-order valence-electron chi connectivity index (χ1n) is 5.16. The van der Waals surface area contributed by atoms with Crippen LogP contribution in [0.3, 0.4) is 0 Å². The van der Waals surface area contributed by atoms with E-state index in [0.717, 1.165) is 11.0 Å². The lowest BCUT2D eigenvalue weighted by atomic mass is 10.2. The van der Waals surface area contributed by atoms with E-state index in [1.54, 1.807) is 24.5 Å². The van der Waals surface area contributed by atoms with Gasteiger partial charge in [0.2, 0.25) is 0 Å². The summed E-state index contributed by atoms with van der Waals surface area (Å²) in [6.07, 6.45) is 1.69. The molecule has 0 saturated heterocycles. The summed E-state index contributed by atoms with van der Waals surface area (Å²) in [5.41, 5.74) is 4.44. The Morgan fingerprint density at radius 1 is 1.59 bits per heavy atom. The molecule has 2 rings (SSSR count). The third kappa shape index (κ3) is 2.43. The van der Waals surface area contributed by atoms with Crippen molar-refractivity contribution < 1.29 is 14.7 Å². The van der Waals surface area contributed by atoms with Gasteiger partial charge in [-0.15, -0.1) is 0 Å². The Kier molecular flexibility index (Phi) is 3.36. The highest BCUT2D eigenvalue weighted by Crippen LogP contribution is 2.13. The van der Waals surface area contributed by atoms with Crippen LogP contribution >= 0.6 is 0 Å². The monoisotopic (exact) mass is 235 g/mol. The van der Waals surface area contributed by atoms with Crippen LogP contribution in [0.25, 0.3) is 11.0 Å². The number of amides is 1. The minimum Gasteiger partial charge on any atom is -0.394 e. The number of rotatable bonds is 4. The Bertz CT molecular complexity index is 536. The Balaban J connectivity index is 2.17. The maximum Gasteiger partial charge on any atom is 0.274 e. The third-order valence-corrected chi connectivity index (χ3v) is 2.35. The molecule has 0 fully saturated rings. The summed E-state index contributed by atoms with van der Waals surface area (Å²) in [5, 5.41) is 8.51. The number of aromatic nitrogens is 2. The molecule has 0 aliphatic heterocycles. The first-order valence-corrected chi connectivity index (χ1v) is 5.16.